The number of benzene rings is 4. The first-order chi connectivity index (χ1) is 20.0. The molecule has 200 valence electrons. The molecule has 1 saturated heterocycles. The number of hydrogen-bond donors (Lipinski definition) is 0. The summed E-state index contributed by atoms with van der Waals surface area (Å²) in [7, 11) is 0. The maximum atomic E-state index is 13.9. The third-order valence-corrected chi connectivity index (χ3v) is 9.50. The van der Waals surface area contributed by atoms with E-state index in [0.717, 1.165) is 49.3 Å². The molecule has 5 aromatic rings. The van der Waals surface area contributed by atoms with Gasteiger partial charge < -0.3 is 4.57 Å². The summed E-state index contributed by atoms with van der Waals surface area (Å²) in [5, 5.41) is 7.83. The Morgan fingerprint density at radius 2 is 1.29 bits per heavy atom. The fraction of sp³-hybridized carbons (Fsp3) is 0.147. The Morgan fingerprint density at radius 1 is 0.732 bits per heavy atom. The van der Waals surface area contributed by atoms with E-state index < -0.39 is 11.8 Å². The van der Waals surface area contributed by atoms with E-state index in [1.54, 1.807) is 12.3 Å². The van der Waals surface area contributed by atoms with Crippen molar-refractivity contribution in [2.75, 3.05) is 0 Å². The largest absolute Gasteiger partial charge is 0.342 e. The number of carbonyl (C=O) groups excluding carboxylic acids is 2. The minimum atomic E-state index is -0.456. The average Bonchev–Trinajstić information content (AvgIpc) is 3.47. The van der Waals surface area contributed by atoms with E-state index in [1.165, 1.54) is 0 Å². The molecule has 0 unspecified atom stereocenters. The van der Waals surface area contributed by atoms with Gasteiger partial charge in [-0.25, -0.2) is 0 Å². The molecule has 2 heterocycles. The van der Waals surface area contributed by atoms with Gasteiger partial charge in [-0.3, -0.25) is 9.59 Å². The molecular weight excluding hydrogens is 553 g/mol. The summed E-state index contributed by atoms with van der Waals surface area (Å²) in [4.78, 5) is 27.8. The summed E-state index contributed by atoms with van der Waals surface area (Å²) in [5.74, 6) is -1.68. The number of nitrogens with zero attached hydrogens (tertiary/aromatic N) is 3. The predicted molar refractivity (Wildman–Crippen MR) is 160 cm³/mol. The number of fused-ring (bicyclic) bond motifs is 1. The average molecular weight is 576 g/mol. The Hall–Kier alpha value is -4.19. The summed E-state index contributed by atoms with van der Waals surface area (Å²) >= 11 is 12.6. The van der Waals surface area contributed by atoms with Crippen molar-refractivity contribution in [2.45, 2.75) is 18.4 Å². The number of aromatic nitrogens is 1. The topological polar surface area (TPSA) is 54.7 Å². The molecule has 4 aliphatic rings. The molecule has 1 aliphatic heterocycles. The predicted octanol–water partition coefficient (Wildman–Crippen LogP) is 7.22. The van der Waals surface area contributed by atoms with E-state index in [2.05, 4.69) is 33.9 Å². The molecule has 1 fully saturated rings. The molecule has 2 bridgehead atoms. The Morgan fingerprint density at radius 3 is 1.88 bits per heavy atom. The van der Waals surface area contributed by atoms with Crippen LogP contribution in [0.4, 0.5) is 0 Å². The molecule has 0 saturated carbocycles. The van der Waals surface area contributed by atoms with Gasteiger partial charge >= 0.3 is 0 Å². The first-order valence-electron chi connectivity index (χ1n) is 13.6. The van der Waals surface area contributed by atoms with Crippen LogP contribution in [0.15, 0.2) is 102 Å². The monoisotopic (exact) mass is 575 g/mol. The highest BCUT2D eigenvalue weighted by Gasteiger charge is 2.61. The minimum Gasteiger partial charge on any atom is -0.342 e. The standard InChI is InChI=1S/C34H23Cl2N3O2/c35-21-14-13-19(27(36)15-21)17-38-18-20(22-7-5-6-12-28(22)38)16-37-39-33(40)31-29-23-8-1-2-9-24(23)30(32(31)34(39)41)26-11-4-3-10-25(26)29/h1-16,18,29-32H,17H2/b37-16-/t29?,30?,31-,32-/m0/s1. The molecular formula is C34H23Cl2N3O2. The number of imide groups is 1. The summed E-state index contributed by atoms with van der Waals surface area (Å²) in [6.07, 6.45) is 3.62. The van der Waals surface area contributed by atoms with Crippen LogP contribution >= 0.6 is 23.2 Å². The minimum absolute atomic E-state index is 0.153. The van der Waals surface area contributed by atoms with Gasteiger partial charge in [0, 0.05) is 51.1 Å². The lowest BCUT2D eigenvalue weighted by molar-refractivity contribution is -0.139. The molecule has 0 N–H and O–H groups in total. The number of hydrazone groups is 1. The van der Waals surface area contributed by atoms with Gasteiger partial charge in [0.1, 0.15) is 0 Å². The van der Waals surface area contributed by atoms with Gasteiger partial charge in [0.05, 0.1) is 18.1 Å². The van der Waals surface area contributed by atoms with Gasteiger partial charge in [0.2, 0.25) is 0 Å². The van der Waals surface area contributed by atoms with Crippen LogP contribution in [0, 0.1) is 11.8 Å². The fourth-order valence-electron chi connectivity index (χ4n) is 7.24. The Bertz CT molecular complexity index is 1830. The molecule has 3 aliphatic carbocycles. The summed E-state index contributed by atoms with van der Waals surface area (Å²) in [6.45, 7) is 0.538. The molecule has 2 amide bonds. The van der Waals surface area contributed by atoms with E-state index in [1.807, 2.05) is 66.9 Å². The Labute approximate surface area is 246 Å². The van der Waals surface area contributed by atoms with Crippen molar-refractivity contribution < 1.29 is 9.59 Å². The molecule has 9 rings (SSSR count). The van der Waals surface area contributed by atoms with Crippen LogP contribution in [0.5, 0.6) is 0 Å². The van der Waals surface area contributed by atoms with Crippen LogP contribution in [0.1, 0.15) is 45.2 Å². The molecule has 2 atom stereocenters. The highest BCUT2D eigenvalue weighted by molar-refractivity contribution is 6.35. The summed E-state index contributed by atoms with van der Waals surface area (Å²) in [6, 6.07) is 29.9. The van der Waals surface area contributed by atoms with E-state index >= 15 is 0 Å². The van der Waals surface area contributed by atoms with E-state index in [9.17, 15) is 9.59 Å². The van der Waals surface area contributed by atoms with Gasteiger partial charge in [-0.1, -0.05) is 96.0 Å². The smallest absolute Gasteiger partial charge is 0.254 e. The third-order valence-electron chi connectivity index (χ3n) is 8.91. The lowest BCUT2D eigenvalue weighted by Gasteiger charge is -2.45. The molecule has 41 heavy (non-hydrogen) atoms. The van der Waals surface area contributed by atoms with Crippen LogP contribution in [0.25, 0.3) is 10.9 Å². The maximum Gasteiger partial charge on any atom is 0.254 e. The second-order valence-corrected chi connectivity index (χ2v) is 11.8. The molecule has 7 heteroatoms. The quantitative estimate of drug-likeness (QED) is 0.168. The second-order valence-electron chi connectivity index (χ2n) is 11.0. The van der Waals surface area contributed by atoms with Crippen LogP contribution in [-0.4, -0.2) is 27.6 Å². The number of hydrogen-bond acceptors (Lipinski definition) is 3. The maximum absolute atomic E-state index is 13.9. The van der Waals surface area contributed by atoms with Crippen LogP contribution in [-0.2, 0) is 16.1 Å². The van der Waals surface area contributed by atoms with E-state index in [4.69, 9.17) is 23.2 Å². The van der Waals surface area contributed by atoms with Crippen LogP contribution < -0.4 is 0 Å². The number of carbonyl (C=O) groups is 2. The summed E-state index contributed by atoms with van der Waals surface area (Å²) in [5.41, 5.74) is 7.33. The third kappa shape index (κ3) is 3.59. The van der Waals surface area contributed by atoms with Gasteiger partial charge in [-0.05, 0) is 46.0 Å². The number of para-hydroxylation sites is 1. The normalized spacial score (nSPS) is 22.4. The zero-order chi connectivity index (χ0) is 27.8. The van der Waals surface area contributed by atoms with E-state index in [0.29, 0.717) is 16.6 Å². The number of rotatable bonds is 4. The Balaban J connectivity index is 1.16. The zero-order valence-electron chi connectivity index (χ0n) is 21.7. The zero-order valence-corrected chi connectivity index (χ0v) is 23.3. The lowest BCUT2D eigenvalue weighted by atomic mass is 9.55. The first-order valence-corrected chi connectivity index (χ1v) is 14.4. The van der Waals surface area contributed by atoms with Gasteiger partial charge in [0.25, 0.3) is 11.8 Å². The molecule has 0 radical (unpaired) electrons. The highest BCUT2D eigenvalue weighted by Crippen LogP contribution is 2.61. The van der Waals surface area contributed by atoms with E-state index in [-0.39, 0.29) is 23.7 Å². The molecule has 0 spiro atoms. The van der Waals surface area contributed by atoms with Crippen molar-refractivity contribution >= 4 is 52.1 Å². The summed E-state index contributed by atoms with van der Waals surface area (Å²) < 4.78 is 2.09. The van der Waals surface area contributed by atoms with Crippen molar-refractivity contribution in [1.29, 1.82) is 0 Å². The van der Waals surface area contributed by atoms with Gasteiger partial charge in [0.15, 0.2) is 0 Å². The van der Waals surface area contributed by atoms with Gasteiger partial charge in [-0.15, -0.1) is 0 Å². The number of halogens is 2. The van der Waals surface area contributed by atoms with Crippen molar-refractivity contribution in [3.63, 3.8) is 0 Å². The van der Waals surface area contributed by atoms with Crippen molar-refractivity contribution in [3.8, 4) is 0 Å². The Kier molecular flexibility index (Phi) is 5.50. The first kappa shape index (κ1) is 24.6. The van der Waals surface area contributed by atoms with Crippen molar-refractivity contribution in [2.24, 2.45) is 16.9 Å². The lowest BCUT2D eigenvalue weighted by Crippen LogP contribution is -2.41. The van der Waals surface area contributed by atoms with Crippen LogP contribution in [0.2, 0.25) is 10.0 Å². The number of amides is 2. The SMILES string of the molecule is O=C1[C@H]2C3c4ccccc4C(c4ccccc43)[C@@H]2C(=O)N1/N=C\c1cn(Cc2ccc(Cl)cc2Cl)c2ccccc12. The van der Waals surface area contributed by atoms with Crippen LogP contribution in [0.3, 0.4) is 0 Å². The second kappa shape index (κ2) is 9.16. The molecule has 1 aromatic heterocycles. The van der Waals surface area contributed by atoms with Gasteiger partial charge in [-0.2, -0.15) is 10.1 Å². The molecule has 5 nitrogen and oxygen atoms in total. The fourth-order valence-corrected chi connectivity index (χ4v) is 7.71. The highest BCUT2D eigenvalue weighted by atomic mass is 35.5. The van der Waals surface area contributed by atoms with Crippen molar-refractivity contribution in [3.05, 3.63) is 141 Å². The molecule has 4 aromatic carbocycles. The van der Waals surface area contributed by atoms with Crippen molar-refractivity contribution in [1.82, 2.24) is 9.58 Å².